The highest BCUT2D eigenvalue weighted by molar-refractivity contribution is 6.02. The number of carbonyl (C=O) groups is 3. The minimum atomic E-state index is -0.301. The number of esters is 2. The van der Waals surface area contributed by atoms with E-state index in [2.05, 4.69) is 13.8 Å². The van der Waals surface area contributed by atoms with E-state index in [1.807, 2.05) is 12.2 Å². The Morgan fingerprint density at radius 1 is 1.12 bits per heavy atom. The lowest BCUT2D eigenvalue weighted by Gasteiger charge is -2.59. The van der Waals surface area contributed by atoms with Crippen molar-refractivity contribution in [3.8, 4) is 0 Å². The number of hydrogen-bond donors (Lipinski definition) is 0. The number of ketones is 1. The normalized spacial score (nSPS) is 38.3. The van der Waals surface area contributed by atoms with Crippen molar-refractivity contribution in [1.29, 1.82) is 0 Å². The second kappa shape index (κ2) is 9.01. The van der Waals surface area contributed by atoms with Gasteiger partial charge in [0.15, 0.2) is 5.78 Å². The topological polar surface area (TPSA) is 78.9 Å². The predicted octanol–water partition coefficient (Wildman–Crippen LogP) is 4.42. The van der Waals surface area contributed by atoms with Crippen molar-refractivity contribution < 1.29 is 28.6 Å². The number of carbonyl (C=O) groups excluding carboxylic acids is 3. The van der Waals surface area contributed by atoms with Gasteiger partial charge in [0.2, 0.25) is 0 Å². The van der Waals surface area contributed by atoms with E-state index in [9.17, 15) is 14.4 Å². The molecule has 0 aromatic carbocycles. The molecule has 4 aliphatic rings. The molecule has 33 heavy (non-hydrogen) atoms. The lowest BCUT2D eigenvalue weighted by molar-refractivity contribution is -0.161. The third kappa shape index (κ3) is 4.09. The van der Waals surface area contributed by atoms with E-state index in [-0.39, 0.29) is 46.5 Å². The number of methoxy groups -OCH3 is 1. The van der Waals surface area contributed by atoms with Gasteiger partial charge in [-0.25, -0.2) is 0 Å². The van der Waals surface area contributed by atoms with Crippen LogP contribution in [0.3, 0.4) is 0 Å². The standard InChI is InChI=1S/C27H38O6/c1-16-12-20(30)13-19-6-7-21-23(26(16,19)4)9-11-27(15-32-17(2)28)10-8-22(25(21)27)24(14-31-5)33-18(3)29/h12-13,21-25H,6-11,14-15H2,1-5H3/t21-,22+,23+,24+,25-,26+,27+/m1/s1. The summed E-state index contributed by atoms with van der Waals surface area (Å²) < 4.78 is 16.9. The summed E-state index contributed by atoms with van der Waals surface area (Å²) >= 11 is 0. The quantitative estimate of drug-likeness (QED) is 0.548. The van der Waals surface area contributed by atoms with Crippen LogP contribution in [0.1, 0.15) is 66.2 Å². The minimum Gasteiger partial charge on any atom is -0.465 e. The molecule has 0 aromatic heterocycles. The smallest absolute Gasteiger partial charge is 0.302 e. The molecule has 7 atom stereocenters. The Balaban J connectivity index is 1.73. The van der Waals surface area contributed by atoms with Crippen molar-refractivity contribution in [2.75, 3.05) is 20.3 Å². The highest BCUT2D eigenvalue weighted by Gasteiger charge is 2.62. The zero-order valence-corrected chi connectivity index (χ0v) is 20.6. The predicted molar refractivity (Wildman–Crippen MR) is 123 cm³/mol. The van der Waals surface area contributed by atoms with E-state index in [0.717, 1.165) is 44.1 Å². The van der Waals surface area contributed by atoms with Crippen LogP contribution in [0.25, 0.3) is 0 Å². The largest absolute Gasteiger partial charge is 0.465 e. The van der Waals surface area contributed by atoms with E-state index >= 15 is 0 Å². The molecule has 0 bridgehead atoms. The van der Waals surface area contributed by atoms with E-state index in [1.165, 1.54) is 19.4 Å². The first-order valence-corrected chi connectivity index (χ1v) is 12.4. The van der Waals surface area contributed by atoms with Gasteiger partial charge in [-0.1, -0.05) is 18.1 Å². The summed E-state index contributed by atoms with van der Waals surface area (Å²) in [7, 11) is 1.65. The molecule has 0 saturated heterocycles. The van der Waals surface area contributed by atoms with Crippen molar-refractivity contribution in [2.45, 2.75) is 72.3 Å². The molecule has 0 spiro atoms. The fourth-order valence-corrected chi connectivity index (χ4v) is 8.01. The van der Waals surface area contributed by atoms with Crippen LogP contribution in [0, 0.1) is 34.5 Å². The first kappa shape index (κ1) is 24.2. The number of ether oxygens (including phenoxy) is 3. The molecule has 4 aliphatic carbocycles. The molecule has 0 N–H and O–H groups in total. The Morgan fingerprint density at radius 2 is 1.85 bits per heavy atom. The van der Waals surface area contributed by atoms with Crippen LogP contribution in [-0.4, -0.2) is 44.1 Å². The van der Waals surface area contributed by atoms with Crippen LogP contribution in [0.2, 0.25) is 0 Å². The third-order valence-electron chi connectivity index (χ3n) is 9.41. The molecule has 182 valence electrons. The van der Waals surface area contributed by atoms with Crippen molar-refractivity contribution in [2.24, 2.45) is 34.5 Å². The summed E-state index contributed by atoms with van der Waals surface area (Å²) in [6, 6.07) is 0. The zero-order chi connectivity index (χ0) is 24.0. The Labute approximate surface area is 197 Å². The van der Waals surface area contributed by atoms with E-state index in [4.69, 9.17) is 14.2 Å². The second-order valence-corrected chi connectivity index (χ2v) is 10.9. The zero-order valence-electron chi connectivity index (χ0n) is 20.6. The number of rotatable bonds is 6. The van der Waals surface area contributed by atoms with Crippen LogP contribution < -0.4 is 0 Å². The molecule has 6 nitrogen and oxygen atoms in total. The maximum Gasteiger partial charge on any atom is 0.302 e. The van der Waals surface area contributed by atoms with Gasteiger partial charge in [0.05, 0.1) is 13.2 Å². The molecular formula is C27H38O6. The van der Waals surface area contributed by atoms with Gasteiger partial charge in [0, 0.05) is 37.7 Å². The second-order valence-electron chi connectivity index (χ2n) is 10.9. The highest BCUT2D eigenvalue weighted by Crippen LogP contribution is 2.67. The highest BCUT2D eigenvalue weighted by atomic mass is 16.6. The molecule has 0 aromatic rings. The summed E-state index contributed by atoms with van der Waals surface area (Å²) in [6.07, 6.45) is 9.21. The van der Waals surface area contributed by atoms with E-state index < -0.39 is 0 Å². The van der Waals surface area contributed by atoms with Crippen molar-refractivity contribution >= 4 is 17.7 Å². The fraction of sp³-hybridized carbons (Fsp3) is 0.741. The fourth-order valence-electron chi connectivity index (χ4n) is 8.01. The average Bonchev–Trinajstić information content (AvgIpc) is 3.13. The number of fused-ring (bicyclic) bond motifs is 5. The van der Waals surface area contributed by atoms with E-state index in [0.29, 0.717) is 25.0 Å². The molecule has 0 radical (unpaired) electrons. The van der Waals surface area contributed by atoms with Crippen LogP contribution in [0.4, 0.5) is 0 Å². The number of allylic oxidation sites excluding steroid dienone is 4. The van der Waals surface area contributed by atoms with Crippen molar-refractivity contribution in [3.05, 3.63) is 23.3 Å². The molecule has 0 unspecified atom stereocenters. The lowest BCUT2D eigenvalue weighted by atomic mass is 9.46. The Morgan fingerprint density at radius 3 is 2.52 bits per heavy atom. The van der Waals surface area contributed by atoms with Gasteiger partial charge >= 0.3 is 11.9 Å². The summed E-state index contributed by atoms with van der Waals surface area (Å²) in [5.74, 6) is 0.848. The van der Waals surface area contributed by atoms with E-state index in [1.54, 1.807) is 7.11 Å². The van der Waals surface area contributed by atoms with Crippen LogP contribution in [0.5, 0.6) is 0 Å². The third-order valence-corrected chi connectivity index (χ3v) is 9.41. The van der Waals surface area contributed by atoms with Crippen molar-refractivity contribution in [1.82, 2.24) is 0 Å². The maximum atomic E-state index is 12.3. The molecule has 0 heterocycles. The monoisotopic (exact) mass is 458 g/mol. The lowest BCUT2D eigenvalue weighted by Crippen LogP contribution is -2.54. The van der Waals surface area contributed by atoms with Crippen molar-refractivity contribution in [3.63, 3.8) is 0 Å². The van der Waals surface area contributed by atoms with Gasteiger partial charge in [-0.15, -0.1) is 0 Å². The van der Waals surface area contributed by atoms with Crippen LogP contribution in [0.15, 0.2) is 23.3 Å². The van der Waals surface area contributed by atoms with Gasteiger partial charge in [-0.3, -0.25) is 14.4 Å². The van der Waals surface area contributed by atoms with Crippen LogP contribution >= 0.6 is 0 Å². The summed E-state index contributed by atoms with van der Waals surface area (Å²) in [6.45, 7) is 8.15. The van der Waals surface area contributed by atoms with Gasteiger partial charge in [-0.2, -0.15) is 0 Å². The summed E-state index contributed by atoms with van der Waals surface area (Å²) in [4.78, 5) is 36.0. The maximum absolute atomic E-state index is 12.3. The van der Waals surface area contributed by atoms with Gasteiger partial charge in [-0.05, 0) is 75.4 Å². The SMILES string of the molecule is COC[C@H](OC(C)=O)[C@@H]1CC[C@@]2(COC(C)=O)CC[C@H]3[C@@H](CCC4=CC(=O)C=C(C)[C@@]43C)[C@H]12. The number of hydrogen-bond acceptors (Lipinski definition) is 6. The molecule has 0 amide bonds. The molecule has 4 rings (SSSR count). The average molecular weight is 459 g/mol. The molecule has 0 aliphatic heterocycles. The summed E-state index contributed by atoms with van der Waals surface area (Å²) in [5.41, 5.74) is 2.22. The molecule has 3 saturated carbocycles. The Hall–Kier alpha value is -1.95. The molecular weight excluding hydrogens is 420 g/mol. The molecule has 3 fully saturated rings. The van der Waals surface area contributed by atoms with Gasteiger partial charge < -0.3 is 14.2 Å². The first-order chi connectivity index (χ1) is 15.6. The Bertz CT molecular complexity index is 887. The summed E-state index contributed by atoms with van der Waals surface area (Å²) in [5, 5.41) is 0. The van der Waals surface area contributed by atoms with Crippen LogP contribution in [-0.2, 0) is 28.6 Å². The minimum absolute atomic E-state index is 0.0939. The Kier molecular flexibility index (Phi) is 6.60. The van der Waals surface area contributed by atoms with Gasteiger partial charge in [0.25, 0.3) is 0 Å². The molecule has 6 heteroatoms. The van der Waals surface area contributed by atoms with Gasteiger partial charge in [0.1, 0.15) is 6.10 Å². The first-order valence-electron chi connectivity index (χ1n) is 12.4.